The minimum atomic E-state index is -4.97. The molecular weight excluding hydrogens is 1370 g/mol. The van der Waals surface area contributed by atoms with Crippen molar-refractivity contribution in [1.82, 2.24) is 61.6 Å². The van der Waals surface area contributed by atoms with Gasteiger partial charge in [-0.15, -0.1) is 0 Å². The molecule has 628 valence electrons. The van der Waals surface area contributed by atoms with Crippen molar-refractivity contribution in [3.8, 4) is 0 Å². The Hall–Kier alpha value is -1.34. The standard InChI is InChI=1S/C13H28N2O3.C12H24N2O2.C11H25N3O.C11H24N2O2.C10H22N2O.C9H20N2O.C9H20NO5P/c1-12(2)9-11(10-13(3,4)15(12)18)14(5-7-16)6-8-17;1-6-10(15)13-9-7-11(2,3)14(16)12(4,5)8-9;1-10(2)7-9(13-6-5-12)8-11(3,4)14(10)15;1-10(2)7-9(12-5-6-14)8-11(3,4)13(10)15;1-9(2)6-8(11-5)7-10(3,4)12(9)13;1-8(2)5-7(10)6-9(3,4)11(8)12;1-8(2)5-7(15-16(12,13)14)6-9(3,4)10(8)11/h11,16-18H,5-10H2,1-4H3;9,16H,6-8H2,1-5H3,(H,13,15);9,13,15H,5-8,12H2,1-4H3;9,12,14-15H,5-8H2,1-4H3;8,11,13H,6-7H2,1-5H3;7,12H,5-6,10H2,1-4H3;7,11H,5-6H2,1-4H3,(H2,12,13,14)/p-2. The predicted molar refractivity (Wildman–Crippen MR) is 412 cm³/mol. The molecule has 18 N–H and O–H groups in total. The first-order valence-corrected chi connectivity index (χ1v) is 40.1. The Kier molecular flexibility index (Phi) is 37.9. The van der Waals surface area contributed by atoms with Crippen LogP contribution >= 0.6 is 7.82 Å². The second-order valence-corrected chi connectivity index (χ2v) is 41.0. The van der Waals surface area contributed by atoms with Crippen LogP contribution in [0, 0.1) is 0 Å². The summed E-state index contributed by atoms with van der Waals surface area (Å²) in [6, 6.07) is 1.96. The van der Waals surface area contributed by atoms with Crippen LogP contribution in [0.1, 0.15) is 297 Å². The molecule has 105 heavy (non-hydrogen) atoms. The van der Waals surface area contributed by atoms with Crippen LogP contribution in [0.4, 0.5) is 0 Å². The summed E-state index contributed by atoms with van der Waals surface area (Å²) in [5, 5.41) is 120. The maximum atomic E-state index is 11.4. The van der Waals surface area contributed by atoms with E-state index in [-0.39, 0.29) is 110 Å². The molecule has 0 aromatic rings. The number of phosphoric acid groups is 1. The first-order valence-electron chi connectivity index (χ1n) is 38.6. The Bertz CT molecular complexity index is 2450. The van der Waals surface area contributed by atoms with E-state index in [1.165, 1.54) is 35.4 Å². The van der Waals surface area contributed by atoms with Crippen molar-refractivity contribution in [1.29, 1.82) is 0 Å². The molecular formula is C75H161N14O15P-2. The Morgan fingerprint density at radius 3 is 0.914 bits per heavy atom. The van der Waals surface area contributed by atoms with Crippen LogP contribution in [0.3, 0.4) is 0 Å². The molecule has 7 aliphatic heterocycles. The number of phosphoric ester groups is 1. The first kappa shape index (κ1) is 102. The van der Waals surface area contributed by atoms with E-state index < -0.39 is 25.0 Å². The molecule has 7 rings (SSSR count). The fourth-order valence-corrected chi connectivity index (χ4v) is 19.1. The number of amides is 1. The number of nitrogens with zero attached hydrogens (tertiary/aromatic N) is 8. The van der Waals surface area contributed by atoms with Crippen LogP contribution in [0.5, 0.6) is 0 Å². The van der Waals surface area contributed by atoms with E-state index in [0.717, 1.165) is 83.6 Å². The summed E-state index contributed by atoms with van der Waals surface area (Å²) in [5.41, 5.74) is 7.54. The molecule has 1 amide bonds. The van der Waals surface area contributed by atoms with Gasteiger partial charge >= 0.3 is 0 Å². The molecule has 7 fully saturated rings. The zero-order valence-corrected chi connectivity index (χ0v) is 72.4. The summed E-state index contributed by atoms with van der Waals surface area (Å²) in [6.45, 7) is 61.6. The molecule has 30 heteroatoms. The van der Waals surface area contributed by atoms with Gasteiger partial charge in [0.05, 0.1) is 33.7 Å². The highest BCUT2D eigenvalue weighted by Gasteiger charge is 2.51. The normalized spacial score (nSPS) is 26.9. The summed E-state index contributed by atoms with van der Waals surface area (Å²) >= 11 is 0. The number of nitrogens with one attached hydrogen (secondary N) is 4. The van der Waals surface area contributed by atoms with Crippen molar-refractivity contribution in [3.05, 3.63) is 0 Å². The van der Waals surface area contributed by atoms with Crippen LogP contribution < -0.4 is 42.5 Å². The van der Waals surface area contributed by atoms with Gasteiger partial charge in [0.2, 0.25) is 5.91 Å². The SMILES string of the molecule is CC1(C)CC(N(CCO)CCO)CC(C)(C)N1O.CC1(C)CC(N)CC(C)(C)N1O.CC1(C)CC(NCCN)CC(C)(C)N1O.CC1(C)CC(NCCO)CC(C)(C)N1O.CC1(C)CC(OP(=O)([O-])[O-])CC(C)(C)N1O.CCC(=O)NC1CC(C)(C)N(O)C(C)(C)C1.CNC1CC(C)(C)N(O)C(C)(C)C1. The number of nitrogens with two attached hydrogens (primary N) is 2. The summed E-state index contributed by atoms with van der Waals surface area (Å²) in [5.74, 6) is 0.0861. The Balaban J connectivity index is 0.000000614. The molecule has 0 atom stereocenters. The third-order valence-electron chi connectivity index (χ3n) is 22.2. The fraction of sp³-hybridized carbons (Fsp3) is 0.987. The molecule has 7 aliphatic rings. The van der Waals surface area contributed by atoms with E-state index in [1.807, 2.05) is 125 Å². The van der Waals surface area contributed by atoms with E-state index in [4.69, 9.17) is 26.8 Å². The number of carbonyl (C=O) groups is 1. The van der Waals surface area contributed by atoms with E-state index in [0.29, 0.717) is 63.6 Å². The smallest absolute Gasteiger partial charge is 0.219 e. The summed E-state index contributed by atoms with van der Waals surface area (Å²) in [6.07, 6.45) is 11.0. The number of aliphatic hydroxyl groups is 3. The van der Waals surface area contributed by atoms with Gasteiger partial charge in [-0.2, -0.15) is 35.4 Å². The van der Waals surface area contributed by atoms with Crippen molar-refractivity contribution in [2.75, 3.05) is 59.6 Å². The van der Waals surface area contributed by atoms with Crippen LogP contribution in [0.15, 0.2) is 0 Å². The van der Waals surface area contributed by atoms with Gasteiger partial charge in [-0.3, -0.25) is 9.69 Å². The molecule has 7 heterocycles. The van der Waals surface area contributed by atoms with Gasteiger partial charge in [0.15, 0.2) is 0 Å². The predicted octanol–water partition coefficient (Wildman–Crippen LogP) is 7.75. The van der Waals surface area contributed by atoms with Crippen molar-refractivity contribution < 1.29 is 75.4 Å². The molecule has 29 nitrogen and oxygen atoms in total. The number of hydrogen-bond donors (Lipinski definition) is 16. The first-order chi connectivity index (χ1) is 47.0. The molecule has 0 aromatic heterocycles. The minimum absolute atomic E-state index is 0.0861. The van der Waals surface area contributed by atoms with Crippen molar-refractivity contribution >= 4 is 13.7 Å². The zero-order chi connectivity index (χ0) is 82.5. The lowest BCUT2D eigenvalue weighted by atomic mass is 9.78. The van der Waals surface area contributed by atoms with Crippen molar-refractivity contribution in [2.45, 2.75) is 417 Å². The average molecular weight is 1530 g/mol. The van der Waals surface area contributed by atoms with E-state index in [2.05, 4.69) is 86.1 Å². The lowest BCUT2D eigenvalue weighted by Crippen LogP contribution is -2.63. The van der Waals surface area contributed by atoms with E-state index >= 15 is 0 Å². The number of aliphatic hydroxyl groups excluding tert-OH is 3. The number of rotatable bonds is 16. The molecule has 0 aliphatic carbocycles. The third kappa shape index (κ3) is 30.8. The fourth-order valence-electron chi connectivity index (χ4n) is 18.6. The highest BCUT2D eigenvalue weighted by Crippen LogP contribution is 2.45. The van der Waals surface area contributed by atoms with E-state index in [1.54, 1.807) is 27.7 Å². The highest BCUT2D eigenvalue weighted by atomic mass is 31.2. The van der Waals surface area contributed by atoms with Crippen LogP contribution in [0.25, 0.3) is 0 Å². The number of hydrogen-bond acceptors (Lipinski definition) is 28. The molecule has 0 aromatic carbocycles. The second-order valence-electron chi connectivity index (χ2n) is 39.9. The van der Waals surface area contributed by atoms with Gasteiger partial charge in [0.25, 0.3) is 0 Å². The molecule has 0 bridgehead atoms. The largest absolute Gasteiger partial charge is 0.790 e. The Morgan fingerprint density at radius 2 is 0.667 bits per heavy atom. The van der Waals surface area contributed by atoms with Gasteiger partial charge in [0, 0.05) is 153 Å². The Morgan fingerprint density at radius 1 is 0.419 bits per heavy atom. The van der Waals surface area contributed by atoms with Gasteiger partial charge in [-0.1, -0.05) is 6.92 Å². The highest BCUT2D eigenvalue weighted by molar-refractivity contribution is 7.43. The number of hydroxylamine groups is 14. The van der Waals surface area contributed by atoms with Crippen LogP contribution in [-0.2, 0) is 13.9 Å². The third-order valence-corrected chi connectivity index (χ3v) is 22.8. The van der Waals surface area contributed by atoms with Gasteiger partial charge in [-0.05, 0) is 291 Å². The number of carbonyl (C=O) groups excluding carboxylic acids is 1. The van der Waals surface area contributed by atoms with Crippen LogP contribution in [-0.4, -0.2) is 278 Å². The lowest BCUT2D eigenvalue weighted by Gasteiger charge is -2.53. The van der Waals surface area contributed by atoms with E-state index in [9.17, 15) is 55.6 Å². The summed E-state index contributed by atoms with van der Waals surface area (Å²) in [4.78, 5) is 34.7. The maximum absolute atomic E-state index is 11.4. The Labute approximate surface area is 636 Å². The molecule has 0 saturated carbocycles. The number of piperidine rings is 7. The topological polar surface area (TPSA) is 418 Å². The minimum Gasteiger partial charge on any atom is -0.790 e. The molecule has 0 radical (unpaired) electrons. The molecule has 7 saturated heterocycles. The maximum Gasteiger partial charge on any atom is 0.219 e. The lowest BCUT2D eigenvalue weighted by molar-refractivity contribution is -0.349. The van der Waals surface area contributed by atoms with Gasteiger partial charge in [0.1, 0.15) is 0 Å². The molecule has 0 spiro atoms. The van der Waals surface area contributed by atoms with Gasteiger partial charge < -0.3 is 103 Å². The zero-order valence-electron chi connectivity index (χ0n) is 71.5. The summed E-state index contributed by atoms with van der Waals surface area (Å²) in [7, 11) is -2.98. The average Bonchev–Trinajstić information content (AvgIpc) is 0.831. The van der Waals surface area contributed by atoms with Crippen molar-refractivity contribution in [3.63, 3.8) is 0 Å². The van der Waals surface area contributed by atoms with Gasteiger partial charge in [-0.25, -0.2) is 0 Å². The van der Waals surface area contributed by atoms with Crippen molar-refractivity contribution in [2.24, 2.45) is 11.5 Å². The van der Waals surface area contributed by atoms with Crippen LogP contribution in [0.2, 0.25) is 0 Å². The quantitative estimate of drug-likeness (QED) is 0.0656. The summed E-state index contributed by atoms with van der Waals surface area (Å²) < 4.78 is 15.1. The second kappa shape index (κ2) is 39.1. The molecule has 0 unspecified atom stereocenters. The monoisotopic (exact) mass is 1530 g/mol.